The van der Waals surface area contributed by atoms with Gasteiger partial charge in [-0.05, 0) is 55.2 Å². The van der Waals surface area contributed by atoms with Crippen molar-refractivity contribution < 1.29 is 33.6 Å². The van der Waals surface area contributed by atoms with Crippen LogP contribution in [0, 0.1) is 0 Å². The largest absolute Gasteiger partial charge is 0.506 e. The van der Waals surface area contributed by atoms with Gasteiger partial charge in [-0.25, -0.2) is 4.79 Å². The number of aromatic nitrogens is 1. The Labute approximate surface area is 331 Å². The number of hydrogen-bond donors (Lipinski definition) is 4. The number of amides is 2. The lowest BCUT2D eigenvalue weighted by Crippen LogP contribution is -2.42. The predicted octanol–water partition coefficient (Wildman–Crippen LogP) is 6.61. The molecule has 1 fully saturated rings. The van der Waals surface area contributed by atoms with Crippen LogP contribution in [-0.4, -0.2) is 86.1 Å². The number of hydrogen-bond acceptors (Lipinski definition) is 10. The zero-order valence-electron chi connectivity index (χ0n) is 32.3. The summed E-state index contributed by atoms with van der Waals surface area (Å²) in [6.45, 7) is 6.13. The van der Waals surface area contributed by atoms with E-state index in [4.69, 9.17) is 18.9 Å². The van der Waals surface area contributed by atoms with E-state index in [0.717, 1.165) is 35.3 Å². The third kappa shape index (κ3) is 9.39. The van der Waals surface area contributed by atoms with Crippen LogP contribution in [0.15, 0.2) is 95.8 Å². The highest BCUT2D eigenvalue weighted by molar-refractivity contribution is 5.96. The Balaban J connectivity index is 0.910. The van der Waals surface area contributed by atoms with Gasteiger partial charge in [-0.2, -0.15) is 0 Å². The zero-order valence-corrected chi connectivity index (χ0v) is 32.3. The number of aromatic amines is 1. The highest BCUT2D eigenvalue weighted by atomic mass is 16.6. The zero-order chi connectivity index (χ0) is 39.7. The number of anilines is 2. The first-order valence-electron chi connectivity index (χ1n) is 19.5. The highest BCUT2D eigenvalue weighted by Gasteiger charge is 2.28. The number of carbonyl (C=O) groups excluding carboxylic acids is 2. The van der Waals surface area contributed by atoms with Crippen molar-refractivity contribution in [2.75, 3.05) is 63.3 Å². The number of phenols is 1. The minimum absolute atomic E-state index is 0.00336. The van der Waals surface area contributed by atoms with Crippen molar-refractivity contribution >= 4 is 34.3 Å². The fourth-order valence-corrected chi connectivity index (χ4v) is 7.60. The van der Waals surface area contributed by atoms with Crippen molar-refractivity contribution in [2.45, 2.75) is 44.9 Å². The molecule has 2 aliphatic rings. The van der Waals surface area contributed by atoms with Gasteiger partial charge in [0, 0.05) is 74.4 Å². The summed E-state index contributed by atoms with van der Waals surface area (Å²) >= 11 is 0. The molecule has 4 N–H and O–H groups in total. The summed E-state index contributed by atoms with van der Waals surface area (Å²) < 4.78 is 23.7. The van der Waals surface area contributed by atoms with Gasteiger partial charge >= 0.3 is 6.09 Å². The predicted molar refractivity (Wildman–Crippen MR) is 219 cm³/mol. The Bertz CT molecular complexity index is 2240. The van der Waals surface area contributed by atoms with Crippen LogP contribution in [-0.2, 0) is 20.8 Å². The van der Waals surface area contributed by atoms with Crippen LogP contribution >= 0.6 is 0 Å². The van der Waals surface area contributed by atoms with E-state index in [9.17, 15) is 19.5 Å². The van der Waals surface area contributed by atoms with Crippen LogP contribution in [0.4, 0.5) is 16.2 Å². The van der Waals surface area contributed by atoms with Crippen LogP contribution < -0.4 is 30.6 Å². The normalized spacial score (nSPS) is 15.1. The number of likely N-dealkylation sites (tertiary alicyclic amines) is 1. The molecular weight excluding hydrogens is 727 g/mol. The van der Waals surface area contributed by atoms with Crippen molar-refractivity contribution in [3.63, 3.8) is 0 Å². The lowest BCUT2D eigenvalue weighted by Gasteiger charge is -2.33. The molecule has 0 saturated carbocycles. The maximum Gasteiger partial charge on any atom is 0.411 e. The molecule has 1 saturated heterocycles. The number of piperidine rings is 1. The molecule has 0 aliphatic carbocycles. The summed E-state index contributed by atoms with van der Waals surface area (Å²) in [6, 6.07) is 27.9. The minimum Gasteiger partial charge on any atom is -0.506 e. The van der Waals surface area contributed by atoms with Crippen LogP contribution in [0.2, 0.25) is 0 Å². The molecule has 0 radical (unpaired) electrons. The Kier molecular flexibility index (Phi) is 12.7. The van der Waals surface area contributed by atoms with E-state index in [-0.39, 0.29) is 29.4 Å². The standard InChI is InChI=1S/C44H49N5O8/c1-3-55-40(33-13-15-37(50)43-34(33)14-16-41(51)47-43)28-45-27-30-25-39-36(26-38(30)54-2)49(23-24-56-39)42(52)19-22-48-20-17-31(18-21-48)57-44(53)46-35-12-8-7-11-32(35)29-9-5-4-6-10-29/h4-16,25-26,31,40,45,50H,3,17-24,27-28H2,1-2H3,(H,46,53)(H,47,51)/t40-/m0/s1. The average molecular weight is 776 g/mol. The molecule has 0 unspecified atom stereocenters. The quantitative estimate of drug-likeness (QED) is 0.0970. The first-order valence-corrected chi connectivity index (χ1v) is 19.5. The Morgan fingerprint density at radius 2 is 1.77 bits per heavy atom. The molecular formula is C44H49N5O8. The third-order valence-corrected chi connectivity index (χ3v) is 10.5. The number of aromatic hydroxyl groups is 1. The highest BCUT2D eigenvalue weighted by Crippen LogP contribution is 2.38. The second-order valence-electron chi connectivity index (χ2n) is 14.1. The van der Waals surface area contributed by atoms with Gasteiger partial charge in [0.05, 0.1) is 36.6 Å². The number of carbonyl (C=O) groups is 2. The maximum atomic E-state index is 13.6. The number of pyridine rings is 1. The first-order chi connectivity index (χ1) is 27.8. The fraction of sp³-hybridized carbons (Fsp3) is 0.341. The molecule has 4 aromatic carbocycles. The van der Waals surface area contributed by atoms with Gasteiger partial charge in [0.25, 0.3) is 0 Å². The average Bonchev–Trinajstić information content (AvgIpc) is 3.23. The number of benzene rings is 4. The van der Waals surface area contributed by atoms with Gasteiger partial charge in [-0.3, -0.25) is 14.9 Å². The van der Waals surface area contributed by atoms with Crippen LogP contribution in [0.5, 0.6) is 17.2 Å². The summed E-state index contributed by atoms with van der Waals surface area (Å²) in [7, 11) is 1.61. The van der Waals surface area contributed by atoms with Crippen LogP contribution in [0.3, 0.4) is 0 Å². The van der Waals surface area contributed by atoms with E-state index in [2.05, 4.69) is 20.5 Å². The summed E-state index contributed by atoms with van der Waals surface area (Å²) in [6.07, 6.45) is 0.689. The fourth-order valence-electron chi connectivity index (χ4n) is 7.60. The van der Waals surface area contributed by atoms with E-state index < -0.39 is 6.09 Å². The molecule has 13 nitrogen and oxygen atoms in total. The van der Waals surface area contributed by atoms with Gasteiger partial charge in [0.2, 0.25) is 11.5 Å². The van der Waals surface area contributed by atoms with Crippen molar-refractivity contribution in [3.05, 3.63) is 112 Å². The molecule has 1 atom stereocenters. The van der Waals surface area contributed by atoms with Gasteiger partial charge in [-0.1, -0.05) is 54.6 Å². The van der Waals surface area contributed by atoms with Gasteiger partial charge in [-0.15, -0.1) is 0 Å². The summed E-state index contributed by atoms with van der Waals surface area (Å²) in [5.74, 6) is 1.24. The number of H-pyrrole nitrogens is 1. The first kappa shape index (κ1) is 39.3. The monoisotopic (exact) mass is 775 g/mol. The number of para-hydroxylation sites is 1. The molecule has 3 heterocycles. The van der Waals surface area contributed by atoms with Gasteiger partial charge in [0.1, 0.15) is 30.0 Å². The van der Waals surface area contributed by atoms with Gasteiger partial charge < -0.3 is 44.2 Å². The number of rotatable bonds is 14. The van der Waals surface area contributed by atoms with Crippen molar-refractivity contribution in [1.29, 1.82) is 0 Å². The molecule has 7 rings (SSSR count). The maximum absolute atomic E-state index is 13.6. The van der Waals surface area contributed by atoms with Gasteiger partial charge in [0.15, 0.2) is 0 Å². The van der Waals surface area contributed by atoms with Crippen molar-refractivity contribution in [2.24, 2.45) is 0 Å². The number of nitrogens with one attached hydrogen (secondary N) is 3. The summed E-state index contributed by atoms with van der Waals surface area (Å²) in [5.41, 5.74) is 5.09. The second kappa shape index (κ2) is 18.4. The number of nitrogens with zero attached hydrogens (tertiary/aromatic N) is 2. The van der Waals surface area contributed by atoms with Crippen molar-refractivity contribution in [1.82, 2.24) is 15.2 Å². The lowest BCUT2D eigenvalue weighted by molar-refractivity contribution is -0.119. The third-order valence-electron chi connectivity index (χ3n) is 10.5. The molecule has 5 aromatic rings. The van der Waals surface area contributed by atoms with Crippen LogP contribution in [0.1, 0.15) is 43.4 Å². The Morgan fingerprint density at radius 3 is 2.56 bits per heavy atom. The second-order valence-corrected chi connectivity index (χ2v) is 14.1. The molecule has 13 heteroatoms. The Hall–Kier alpha value is -5.89. The molecule has 298 valence electrons. The summed E-state index contributed by atoms with van der Waals surface area (Å²) in [5, 5.41) is 17.5. The van der Waals surface area contributed by atoms with E-state index in [1.165, 1.54) is 6.07 Å². The molecule has 57 heavy (non-hydrogen) atoms. The number of ether oxygens (including phenoxy) is 4. The molecule has 1 aromatic heterocycles. The SMILES string of the molecule is CCO[C@@H](CNCc1cc2c(cc1OC)N(C(=O)CCN1CCC(OC(=O)Nc3ccccc3-c3ccccc3)CC1)CCO2)c1ccc(O)c2[nH]c(=O)ccc12. The number of methoxy groups -OCH3 is 1. The van der Waals surface area contributed by atoms with E-state index in [1.54, 1.807) is 24.1 Å². The number of fused-ring (bicyclic) bond motifs is 2. The topological polar surface area (TPSA) is 155 Å². The molecule has 2 amide bonds. The van der Waals surface area contributed by atoms with Crippen LogP contribution in [0.25, 0.3) is 22.0 Å². The Morgan fingerprint density at radius 1 is 0.982 bits per heavy atom. The molecule has 2 aliphatic heterocycles. The lowest BCUT2D eigenvalue weighted by atomic mass is 10.0. The number of phenolic OH excluding ortho intramolecular Hbond substituents is 1. The minimum atomic E-state index is -0.468. The smallest absolute Gasteiger partial charge is 0.411 e. The van der Waals surface area contributed by atoms with Crippen molar-refractivity contribution in [3.8, 4) is 28.4 Å². The van der Waals surface area contributed by atoms with E-state index in [1.807, 2.05) is 79.7 Å². The van der Waals surface area contributed by atoms with E-state index >= 15 is 0 Å². The van der Waals surface area contributed by atoms with E-state index in [0.29, 0.717) is 92.4 Å². The molecule has 0 spiro atoms. The molecule has 0 bridgehead atoms. The summed E-state index contributed by atoms with van der Waals surface area (Å²) in [4.78, 5) is 45.2.